The number of aromatic nitrogens is 3. The fourth-order valence-corrected chi connectivity index (χ4v) is 4.01. The number of nitrogens with one attached hydrogen (secondary N) is 2. The number of hydrogen-bond acceptors (Lipinski definition) is 4. The maximum absolute atomic E-state index is 12.1. The van der Waals surface area contributed by atoms with Gasteiger partial charge in [-0.2, -0.15) is 5.10 Å². The summed E-state index contributed by atoms with van der Waals surface area (Å²) in [5, 5.41) is 11.9. The summed E-state index contributed by atoms with van der Waals surface area (Å²) in [4.78, 5) is 22.9. The molecule has 8 nitrogen and oxygen atoms in total. The minimum atomic E-state index is 0. The van der Waals surface area contributed by atoms with Crippen LogP contribution in [0.3, 0.4) is 0 Å². The van der Waals surface area contributed by atoms with Crippen LogP contribution in [0.4, 0.5) is 0 Å². The fourth-order valence-electron chi connectivity index (χ4n) is 4.01. The quantitative estimate of drug-likeness (QED) is 0.347. The lowest BCUT2D eigenvalue weighted by molar-refractivity contribution is -0.127. The van der Waals surface area contributed by atoms with Crippen molar-refractivity contribution in [1.82, 2.24) is 30.3 Å². The van der Waals surface area contributed by atoms with Gasteiger partial charge in [0.15, 0.2) is 11.8 Å². The average Bonchev–Trinajstić information content (AvgIpc) is 3.11. The minimum Gasteiger partial charge on any atom is -0.353 e. The molecule has 2 aliphatic rings. The van der Waals surface area contributed by atoms with Crippen LogP contribution in [0.2, 0.25) is 0 Å². The molecule has 1 saturated carbocycles. The number of aliphatic imine (C=N–C) groups is 1. The number of hydrogen-bond donors (Lipinski definition) is 2. The van der Waals surface area contributed by atoms with Crippen LogP contribution >= 0.6 is 24.0 Å². The van der Waals surface area contributed by atoms with E-state index in [0.29, 0.717) is 17.9 Å². The molecule has 1 amide bonds. The van der Waals surface area contributed by atoms with Crippen LogP contribution < -0.4 is 10.6 Å². The Balaban J connectivity index is 0.00000320. The van der Waals surface area contributed by atoms with Gasteiger partial charge in [0.1, 0.15) is 12.4 Å². The number of carbonyl (C=O) groups is 1. The predicted octanol–water partition coefficient (Wildman–Crippen LogP) is 2.54. The summed E-state index contributed by atoms with van der Waals surface area (Å²) in [7, 11) is 3.53. The minimum absolute atomic E-state index is 0. The van der Waals surface area contributed by atoms with Gasteiger partial charge in [0.05, 0.1) is 6.54 Å². The summed E-state index contributed by atoms with van der Waals surface area (Å²) >= 11 is 0. The monoisotopic (exact) mass is 531 g/mol. The molecule has 0 radical (unpaired) electrons. The summed E-state index contributed by atoms with van der Waals surface area (Å²) in [5.41, 5.74) is 0. The summed E-state index contributed by atoms with van der Waals surface area (Å²) in [6, 6.07) is 0.631. The van der Waals surface area contributed by atoms with Gasteiger partial charge in [0, 0.05) is 38.5 Å². The Morgan fingerprint density at radius 1 is 1.23 bits per heavy atom. The molecule has 1 aromatic heterocycles. The molecule has 3 rings (SSSR count). The van der Waals surface area contributed by atoms with Crippen LogP contribution in [-0.2, 0) is 17.8 Å². The molecule has 3 unspecified atom stereocenters. The molecule has 30 heavy (non-hydrogen) atoms. The Hall–Kier alpha value is -1.39. The van der Waals surface area contributed by atoms with Crippen molar-refractivity contribution < 1.29 is 4.79 Å². The number of halogens is 1. The second-order valence-corrected chi connectivity index (χ2v) is 9.07. The Morgan fingerprint density at radius 3 is 2.63 bits per heavy atom. The van der Waals surface area contributed by atoms with Gasteiger partial charge in [0.2, 0.25) is 5.91 Å². The average molecular weight is 531 g/mol. The SMILES string of the molecule is CC(C)c1nc2n(n1)CC(NC(=NCC(=O)N(C)C)NC1CCCCC1C)CC2.I. The van der Waals surface area contributed by atoms with Crippen LogP contribution in [0.25, 0.3) is 0 Å². The number of amides is 1. The number of fused-ring (bicyclic) bond motifs is 1. The summed E-state index contributed by atoms with van der Waals surface area (Å²) in [6.45, 7) is 7.48. The normalized spacial score (nSPS) is 24.1. The largest absolute Gasteiger partial charge is 0.353 e. The molecule has 3 atom stereocenters. The fraction of sp³-hybridized carbons (Fsp3) is 0.810. The molecule has 0 saturated heterocycles. The van der Waals surface area contributed by atoms with Gasteiger partial charge < -0.3 is 15.5 Å². The Bertz CT molecular complexity index is 731. The number of carbonyl (C=O) groups excluding carboxylic acids is 1. The first-order valence-corrected chi connectivity index (χ1v) is 11.0. The number of likely N-dealkylation sites (N-methyl/N-ethyl adjacent to an activating group) is 1. The van der Waals surface area contributed by atoms with Gasteiger partial charge in [-0.3, -0.25) is 4.79 Å². The smallest absolute Gasteiger partial charge is 0.243 e. The van der Waals surface area contributed by atoms with Gasteiger partial charge in [0.25, 0.3) is 0 Å². The van der Waals surface area contributed by atoms with Crippen LogP contribution in [0.15, 0.2) is 4.99 Å². The number of nitrogens with zero attached hydrogens (tertiary/aromatic N) is 5. The highest BCUT2D eigenvalue weighted by Gasteiger charge is 2.26. The Kier molecular flexibility index (Phi) is 9.36. The van der Waals surface area contributed by atoms with E-state index in [9.17, 15) is 4.79 Å². The lowest BCUT2D eigenvalue weighted by Gasteiger charge is -2.33. The predicted molar refractivity (Wildman–Crippen MR) is 130 cm³/mol. The van der Waals surface area contributed by atoms with Crippen molar-refractivity contribution in [2.24, 2.45) is 10.9 Å². The van der Waals surface area contributed by atoms with Crippen molar-refractivity contribution in [2.45, 2.75) is 83.8 Å². The van der Waals surface area contributed by atoms with Gasteiger partial charge in [-0.25, -0.2) is 14.7 Å². The molecule has 2 heterocycles. The third kappa shape index (κ3) is 6.55. The molecule has 9 heteroatoms. The van der Waals surface area contributed by atoms with E-state index in [1.54, 1.807) is 19.0 Å². The Morgan fingerprint density at radius 2 is 1.97 bits per heavy atom. The second kappa shape index (κ2) is 11.3. The number of rotatable bonds is 5. The van der Waals surface area contributed by atoms with E-state index in [4.69, 9.17) is 0 Å². The topological polar surface area (TPSA) is 87.4 Å². The van der Waals surface area contributed by atoms with E-state index in [2.05, 4.69) is 46.5 Å². The van der Waals surface area contributed by atoms with E-state index in [1.165, 1.54) is 19.3 Å². The van der Waals surface area contributed by atoms with Gasteiger partial charge in [-0.1, -0.05) is 33.6 Å². The zero-order valence-corrected chi connectivity index (χ0v) is 21.3. The second-order valence-electron chi connectivity index (χ2n) is 9.07. The summed E-state index contributed by atoms with van der Waals surface area (Å²) in [5.74, 6) is 3.69. The molecular formula is C21H38IN7O. The number of aryl methyl sites for hydroxylation is 1. The maximum Gasteiger partial charge on any atom is 0.243 e. The zero-order valence-electron chi connectivity index (χ0n) is 19.0. The first-order valence-electron chi connectivity index (χ1n) is 11.0. The van der Waals surface area contributed by atoms with Crippen LogP contribution in [0, 0.1) is 5.92 Å². The van der Waals surface area contributed by atoms with Gasteiger partial charge in [-0.15, -0.1) is 24.0 Å². The van der Waals surface area contributed by atoms with Crippen molar-refractivity contribution >= 4 is 35.8 Å². The highest BCUT2D eigenvalue weighted by atomic mass is 127. The maximum atomic E-state index is 12.1. The highest BCUT2D eigenvalue weighted by Crippen LogP contribution is 2.24. The van der Waals surface area contributed by atoms with E-state index in [-0.39, 0.29) is 42.5 Å². The van der Waals surface area contributed by atoms with E-state index >= 15 is 0 Å². The Labute approximate surface area is 197 Å². The van der Waals surface area contributed by atoms with Crippen molar-refractivity contribution in [1.29, 1.82) is 0 Å². The molecule has 1 aliphatic carbocycles. The summed E-state index contributed by atoms with van der Waals surface area (Å²) < 4.78 is 2.03. The third-order valence-electron chi connectivity index (χ3n) is 6.04. The summed E-state index contributed by atoms with van der Waals surface area (Å²) in [6.07, 6.45) is 6.83. The van der Waals surface area contributed by atoms with Crippen molar-refractivity contribution in [2.75, 3.05) is 20.6 Å². The first kappa shape index (κ1) is 24.9. The van der Waals surface area contributed by atoms with Gasteiger partial charge >= 0.3 is 0 Å². The van der Waals surface area contributed by atoms with E-state index in [0.717, 1.165) is 43.4 Å². The van der Waals surface area contributed by atoms with Crippen LogP contribution in [0.5, 0.6) is 0 Å². The lowest BCUT2D eigenvalue weighted by atomic mass is 9.86. The molecule has 0 bridgehead atoms. The molecular weight excluding hydrogens is 493 g/mol. The van der Waals surface area contributed by atoms with Crippen molar-refractivity contribution in [3.05, 3.63) is 11.6 Å². The third-order valence-corrected chi connectivity index (χ3v) is 6.04. The lowest BCUT2D eigenvalue weighted by Crippen LogP contribution is -2.52. The molecule has 1 aliphatic heterocycles. The first-order chi connectivity index (χ1) is 13.8. The molecule has 2 N–H and O–H groups in total. The van der Waals surface area contributed by atoms with Crippen molar-refractivity contribution in [3.8, 4) is 0 Å². The molecule has 1 aromatic rings. The van der Waals surface area contributed by atoms with Crippen LogP contribution in [-0.4, -0.2) is 64.3 Å². The molecule has 0 spiro atoms. The zero-order chi connectivity index (χ0) is 21.0. The van der Waals surface area contributed by atoms with E-state index in [1.807, 2.05) is 4.68 Å². The highest BCUT2D eigenvalue weighted by molar-refractivity contribution is 14.0. The molecule has 1 fully saturated rings. The molecule has 170 valence electrons. The van der Waals surface area contributed by atoms with Gasteiger partial charge in [-0.05, 0) is 25.2 Å². The van der Waals surface area contributed by atoms with Crippen LogP contribution in [0.1, 0.15) is 70.4 Å². The van der Waals surface area contributed by atoms with Crippen molar-refractivity contribution in [3.63, 3.8) is 0 Å². The standard InChI is InChI=1S/C21H37N7O.HI/c1-14(2)20-25-18-11-10-16(13-28(18)26-20)23-21(22-12-19(29)27(4)5)24-17-9-7-6-8-15(17)3;/h14-17H,6-13H2,1-5H3,(H2,22,23,24);1H. The number of guanidine groups is 1. The van der Waals surface area contributed by atoms with E-state index < -0.39 is 0 Å². The molecule has 0 aromatic carbocycles.